The molecule has 0 fully saturated rings. The van der Waals surface area contributed by atoms with Crippen LogP contribution in [-0.4, -0.2) is 16.1 Å². The topological polar surface area (TPSA) is 53.6 Å². The molecule has 0 aliphatic carbocycles. The minimum absolute atomic E-state index is 0.252. The second-order valence-corrected chi connectivity index (χ2v) is 4.15. The van der Waals surface area contributed by atoms with E-state index in [0.717, 1.165) is 13.0 Å². The normalized spacial score (nSPS) is 10.4. The van der Waals surface area contributed by atoms with Crippen molar-refractivity contribution in [1.82, 2.24) is 14.9 Å². The third-order valence-corrected chi connectivity index (χ3v) is 2.82. The summed E-state index contributed by atoms with van der Waals surface area (Å²) < 4.78 is 15.6. The first-order valence-electron chi connectivity index (χ1n) is 6.19. The summed E-state index contributed by atoms with van der Waals surface area (Å²) in [5, 5.41) is 12.2. The summed E-state index contributed by atoms with van der Waals surface area (Å²) in [6.45, 7) is 3.31. The number of halogens is 1. The highest BCUT2D eigenvalue weighted by molar-refractivity contribution is 5.44. The fourth-order valence-electron chi connectivity index (χ4n) is 1.92. The number of nitrogens with zero attached hydrogens (tertiary/aromatic N) is 3. The van der Waals surface area contributed by atoms with Crippen molar-refractivity contribution in [2.75, 3.05) is 6.54 Å². The zero-order valence-electron chi connectivity index (χ0n) is 10.7. The lowest BCUT2D eigenvalue weighted by molar-refractivity contribution is 0.584. The van der Waals surface area contributed by atoms with Gasteiger partial charge in [0.2, 0.25) is 5.82 Å². The van der Waals surface area contributed by atoms with Gasteiger partial charge in [-0.3, -0.25) is 4.57 Å². The standard InChI is InChI=1S/C14H15FN4/c1-2-6-17-10-11-12(15)4-3-5-13(11)19-8-7-18-14(19)9-16/h3-5,7-8,17H,2,6,10H2,1H3. The lowest BCUT2D eigenvalue weighted by atomic mass is 10.1. The Labute approximate surface area is 111 Å². The molecule has 1 heterocycles. The molecule has 0 saturated carbocycles. The van der Waals surface area contributed by atoms with Crippen LogP contribution < -0.4 is 5.32 Å². The van der Waals surface area contributed by atoms with Crippen LogP contribution in [0.15, 0.2) is 30.6 Å². The molecule has 0 atom stereocenters. The van der Waals surface area contributed by atoms with Gasteiger partial charge in [-0.15, -0.1) is 0 Å². The molecule has 0 radical (unpaired) electrons. The summed E-state index contributed by atoms with van der Waals surface area (Å²) in [6, 6.07) is 6.84. The Morgan fingerprint density at radius 1 is 1.47 bits per heavy atom. The fraction of sp³-hybridized carbons (Fsp3) is 0.286. The van der Waals surface area contributed by atoms with E-state index in [4.69, 9.17) is 5.26 Å². The first-order valence-corrected chi connectivity index (χ1v) is 6.19. The van der Waals surface area contributed by atoms with Crippen LogP contribution in [0.5, 0.6) is 0 Å². The van der Waals surface area contributed by atoms with Crippen molar-refractivity contribution in [2.45, 2.75) is 19.9 Å². The summed E-state index contributed by atoms with van der Waals surface area (Å²) in [4.78, 5) is 3.94. The van der Waals surface area contributed by atoms with Crippen LogP contribution in [-0.2, 0) is 6.54 Å². The molecule has 98 valence electrons. The molecule has 0 aliphatic heterocycles. The van der Waals surface area contributed by atoms with Crippen LogP contribution in [0.4, 0.5) is 4.39 Å². The van der Waals surface area contributed by atoms with Crippen molar-refractivity contribution in [3.8, 4) is 11.8 Å². The van der Waals surface area contributed by atoms with E-state index in [9.17, 15) is 4.39 Å². The number of nitrogens with one attached hydrogen (secondary N) is 1. The highest BCUT2D eigenvalue weighted by Gasteiger charge is 2.12. The maximum Gasteiger partial charge on any atom is 0.217 e. The van der Waals surface area contributed by atoms with Crippen LogP contribution >= 0.6 is 0 Å². The van der Waals surface area contributed by atoms with Gasteiger partial charge in [0, 0.05) is 24.5 Å². The molecule has 2 aromatic rings. The van der Waals surface area contributed by atoms with E-state index in [1.807, 2.05) is 6.07 Å². The third kappa shape index (κ3) is 2.80. The van der Waals surface area contributed by atoms with Crippen LogP contribution in [0, 0.1) is 17.1 Å². The Morgan fingerprint density at radius 3 is 3.05 bits per heavy atom. The summed E-state index contributed by atoms with van der Waals surface area (Å²) in [5.74, 6) is -0.0268. The second kappa shape index (κ2) is 6.12. The maximum atomic E-state index is 13.9. The Morgan fingerprint density at radius 2 is 2.32 bits per heavy atom. The van der Waals surface area contributed by atoms with Gasteiger partial charge in [-0.1, -0.05) is 13.0 Å². The van der Waals surface area contributed by atoms with Crippen LogP contribution in [0.2, 0.25) is 0 Å². The van der Waals surface area contributed by atoms with Gasteiger partial charge in [-0.25, -0.2) is 9.37 Å². The average molecular weight is 258 g/mol. The minimum Gasteiger partial charge on any atom is -0.312 e. The zero-order valence-corrected chi connectivity index (χ0v) is 10.7. The van der Waals surface area contributed by atoms with Gasteiger partial charge in [0.1, 0.15) is 11.9 Å². The second-order valence-electron chi connectivity index (χ2n) is 4.15. The molecule has 2 rings (SSSR count). The van der Waals surface area contributed by atoms with E-state index < -0.39 is 0 Å². The molecular formula is C14H15FN4. The van der Waals surface area contributed by atoms with Crippen LogP contribution in [0.25, 0.3) is 5.69 Å². The van der Waals surface area contributed by atoms with Gasteiger partial charge >= 0.3 is 0 Å². The average Bonchev–Trinajstić information content (AvgIpc) is 2.89. The molecule has 5 heteroatoms. The summed E-state index contributed by atoms with van der Waals surface area (Å²) in [5.41, 5.74) is 1.20. The summed E-state index contributed by atoms with van der Waals surface area (Å²) in [7, 11) is 0. The summed E-state index contributed by atoms with van der Waals surface area (Å²) in [6.07, 6.45) is 4.18. The lowest BCUT2D eigenvalue weighted by Crippen LogP contribution is -2.17. The number of hydrogen-bond donors (Lipinski definition) is 1. The van der Waals surface area contributed by atoms with Crippen molar-refractivity contribution in [3.05, 3.63) is 47.8 Å². The van der Waals surface area contributed by atoms with Gasteiger partial charge in [-0.2, -0.15) is 5.26 Å². The number of hydrogen-bond acceptors (Lipinski definition) is 3. The number of aromatic nitrogens is 2. The molecule has 0 saturated heterocycles. The number of nitriles is 1. The van der Waals surface area contributed by atoms with Gasteiger partial charge in [0.15, 0.2) is 0 Å². The molecule has 1 N–H and O–H groups in total. The van der Waals surface area contributed by atoms with Gasteiger partial charge in [0.25, 0.3) is 0 Å². The van der Waals surface area contributed by atoms with Crippen LogP contribution in [0.3, 0.4) is 0 Å². The molecule has 1 aromatic carbocycles. The molecule has 1 aromatic heterocycles. The highest BCUT2D eigenvalue weighted by Crippen LogP contribution is 2.19. The first kappa shape index (κ1) is 13.2. The van der Waals surface area contributed by atoms with E-state index >= 15 is 0 Å². The zero-order chi connectivity index (χ0) is 13.7. The van der Waals surface area contributed by atoms with E-state index in [1.54, 1.807) is 22.9 Å². The van der Waals surface area contributed by atoms with Gasteiger partial charge < -0.3 is 5.32 Å². The van der Waals surface area contributed by atoms with Crippen LogP contribution in [0.1, 0.15) is 24.7 Å². The minimum atomic E-state index is -0.279. The Hall–Kier alpha value is -2.19. The third-order valence-electron chi connectivity index (χ3n) is 2.82. The molecular weight excluding hydrogens is 243 g/mol. The van der Waals surface area contributed by atoms with Crippen molar-refractivity contribution >= 4 is 0 Å². The fourth-order valence-corrected chi connectivity index (χ4v) is 1.92. The van der Waals surface area contributed by atoms with E-state index in [-0.39, 0.29) is 11.6 Å². The molecule has 0 bridgehead atoms. The number of imidazole rings is 1. The van der Waals surface area contributed by atoms with Crippen molar-refractivity contribution in [1.29, 1.82) is 5.26 Å². The monoisotopic (exact) mass is 258 g/mol. The molecule has 0 unspecified atom stereocenters. The molecule has 0 amide bonds. The Balaban J connectivity index is 2.40. The quantitative estimate of drug-likeness (QED) is 0.838. The predicted octanol–water partition coefficient (Wildman–Crippen LogP) is 2.38. The number of rotatable bonds is 5. The van der Waals surface area contributed by atoms with Crippen molar-refractivity contribution in [3.63, 3.8) is 0 Å². The van der Waals surface area contributed by atoms with E-state index in [1.165, 1.54) is 12.3 Å². The molecule has 4 nitrogen and oxygen atoms in total. The maximum absolute atomic E-state index is 13.9. The smallest absolute Gasteiger partial charge is 0.217 e. The SMILES string of the molecule is CCCNCc1c(F)cccc1-n1ccnc1C#N. The van der Waals surface area contributed by atoms with Crippen molar-refractivity contribution in [2.24, 2.45) is 0 Å². The molecule has 0 aliphatic rings. The largest absolute Gasteiger partial charge is 0.312 e. The molecule has 0 spiro atoms. The van der Waals surface area contributed by atoms with Gasteiger partial charge in [-0.05, 0) is 25.1 Å². The number of benzene rings is 1. The van der Waals surface area contributed by atoms with E-state index in [0.29, 0.717) is 17.8 Å². The predicted molar refractivity (Wildman–Crippen MR) is 70.2 cm³/mol. The summed E-state index contributed by atoms with van der Waals surface area (Å²) >= 11 is 0. The highest BCUT2D eigenvalue weighted by atomic mass is 19.1. The first-order chi connectivity index (χ1) is 9.27. The lowest BCUT2D eigenvalue weighted by Gasteiger charge is -2.12. The Bertz CT molecular complexity index is 598. The Kier molecular flexibility index (Phi) is 4.26. The van der Waals surface area contributed by atoms with Crippen molar-refractivity contribution < 1.29 is 4.39 Å². The van der Waals surface area contributed by atoms with Gasteiger partial charge in [0.05, 0.1) is 5.69 Å². The molecule has 19 heavy (non-hydrogen) atoms. The van der Waals surface area contributed by atoms with E-state index in [2.05, 4.69) is 17.2 Å².